The molecule has 0 bridgehead atoms. The van der Waals surface area contributed by atoms with Gasteiger partial charge < -0.3 is 14.5 Å². The molecule has 1 saturated carbocycles. The third-order valence-corrected chi connectivity index (χ3v) is 8.92. The first-order valence-corrected chi connectivity index (χ1v) is 12.3. The highest BCUT2D eigenvalue weighted by Gasteiger charge is 2.44. The van der Waals surface area contributed by atoms with E-state index in [1.165, 1.54) is 25.7 Å². The van der Waals surface area contributed by atoms with Crippen LogP contribution in [-0.2, 0) is 17.8 Å². The Labute approximate surface area is 190 Å². The van der Waals surface area contributed by atoms with Crippen molar-refractivity contribution in [2.75, 3.05) is 18.0 Å². The molecule has 3 heterocycles. The Morgan fingerprint density at radius 2 is 1.84 bits per heavy atom. The Morgan fingerprint density at radius 1 is 1.12 bits per heavy atom. The standard InChI is InChI=1S/C25H28N4O2S/c1-24(2,16-26)32(31)17-4-5-21(29-12-9-25(7-8-25)10-13-29)19(14-17)20-15-28(3)23(30)22-18(20)6-11-27-22/h4-6,11,14-15,27H,7-10,12-13H2,1-3H3. The highest BCUT2D eigenvalue weighted by molar-refractivity contribution is 7.86. The number of nitriles is 1. The molecule has 1 N–H and O–H groups in total. The van der Waals surface area contributed by atoms with Gasteiger partial charge >= 0.3 is 0 Å². The zero-order valence-electron chi connectivity index (χ0n) is 18.8. The number of aryl methyl sites for hydroxylation is 1. The number of pyridine rings is 1. The first-order chi connectivity index (χ1) is 15.2. The van der Waals surface area contributed by atoms with E-state index in [2.05, 4.69) is 16.0 Å². The van der Waals surface area contributed by atoms with Crippen molar-refractivity contribution >= 4 is 27.4 Å². The molecule has 3 aromatic rings. The van der Waals surface area contributed by atoms with Gasteiger partial charge in [0, 0.05) is 59.6 Å². The van der Waals surface area contributed by atoms with Gasteiger partial charge in [-0.2, -0.15) is 5.26 Å². The number of anilines is 1. The molecule has 1 spiro atoms. The second-order valence-corrected chi connectivity index (χ2v) is 11.8. The number of nitrogens with zero attached hydrogens (tertiary/aromatic N) is 3. The molecule has 2 aromatic heterocycles. The van der Waals surface area contributed by atoms with Crippen LogP contribution in [0.15, 0.2) is 46.3 Å². The lowest BCUT2D eigenvalue weighted by atomic mass is 9.92. The number of rotatable bonds is 4. The Bertz CT molecular complexity index is 1330. The summed E-state index contributed by atoms with van der Waals surface area (Å²) in [4.78, 5) is 18.7. The normalized spacial score (nSPS) is 18.6. The molecule has 1 aliphatic carbocycles. The maximum atomic E-state index is 13.2. The van der Waals surface area contributed by atoms with Gasteiger partial charge in [0.05, 0.1) is 16.9 Å². The third kappa shape index (κ3) is 3.38. The number of benzene rings is 1. The first-order valence-electron chi connectivity index (χ1n) is 11.1. The summed E-state index contributed by atoms with van der Waals surface area (Å²) >= 11 is 0. The summed E-state index contributed by atoms with van der Waals surface area (Å²) in [6.07, 6.45) is 8.75. The lowest BCUT2D eigenvalue weighted by Gasteiger charge is -2.35. The summed E-state index contributed by atoms with van der Waals surface area (Å²) < 4.78 is 13.8. The molecule has 0 amide bonds. The van der Waals surface area contributed by atoms with E-state index in [4.69, 9.17) is 0 Å². The van der Waals surface area contributed by atoms with Crippen LogP contribution in [0.25, 0.3) is 22.0 Å². The van der Waals surface area contributed by atoms with Crippen LogP contribution in [0.5, 0.6) is 0 Å². The number of hydrogen-bond acceptors (Lipinski definition) is 4. The fraction of sp³-hybridized carbons (Fsp3) is 0.440. The van der Waals surface area contributed by atoms with Crippen molar-refractivity contribution in [2.45, 2.75) is 49.2 Å². The van der Waals surface area contributed by atoms with E-state index in [0.29, 0.717) is 15.8 Å². The fourth-order valence-electron chi connectivity index (χ4n) is 4.84. The maximum Gasteiger partial charge on any atom is 0.274 e. The predicted molar refractivity (Wildman–Crippen MR) is 128 cm³/mol. The van der Waals surface area contributed by atoms with Gasteiger partial charge in [-0.25, -0.2) is 0 Å². The minimum absolute atomic E-state index is 0.0747. The van der Waals surface area contributed by atoms with Crippen LogP contribution < -0.4 is 10.5 Å². The molecule has 2 aliphatic rings. The van der Waals surface area contributed by atoms with Crippen molar-refractivity contribution in [1.82, 2.24) is 9.55 Å². The Kier molecular flexibility index (Phi) is 4.82. The van der Waals surface area contributed by atoms with E-state index in [1.807, 2.05) is 30.5 Å². The van der Waals surface area contributed by atoms with Crippen molar-refractivity contribution in [2.24, 2.45) is 12.5 Å². The molecule has 2 fully saturated rings. The Hall–Kier alpha value is -2.85. The molecule has 1 atom stereocenters. The van der Waals surface area contributed by atoms with Gasteiger partial charge in [0.1, 0.15) is 10.3 Å². The Morgan fingerprint density at radius 3 is 2.50 bits per heavy atom. The molecule has 32 heavy (non-hydrogen) atoms. The molecule has 1 saturated heterocycles. The van der Waals surface area contributed by atoms with Gasteiger partial charge in [-0.1, -0.05) is 0 Å². The molecule has 5 rings (SSSR count). The van der Waals surface area contributed by atoms with E-state index >= 15 is 0 Å². The van der Waals surface area contributed by atoms with Gasteiger partial charge in [-0.05, 0) is 69.2 Å². The minimum atomic E-state index is -1.48. The first kappa shape index (κ1) is 21.0. The quantitative estimate of drug-likeness (QED) is 0.644. The summed E-state index contributed by atoms with van der Waals surface area (Å²) in [5.74, 6) is 0. The molecule has 1 aromatic carbocycles. The molecule has 1 unspecified atom stereocenters. The Balaban J connectivity index is 1.68. The number of nitrogens with one attached hydrogen (secondary N) is 1. The van der Waals surface area contributed by atoms with Crippen LogP contribution in [0.2, 0.25) is 0 Å². The second kappa shape index (κ2) is 7.35. The minimum Gasteiger partial charge on any atom is -0.371 e. The van der Waals surface area contributed by atoms with Gasteiger partial charge in [0.2, 0.25) is 0 Å². The molecular weight excluding hydrogens is 420 g/mol. The SMILES string of the molecule is Cn1cc(-c2cc(S(=O)C(C)(C)C#N)ccc2N2CCC3(CC2)CC3)c2cc[nH]c2c1=O. The number of piperidine rings is 1. The second-order valence-electron chi connectivity index (χ2n) is 9.78. The topological polar surface area (TPSA) is 81.9 Å². The van der Waals surface area contributed by atoms with E-state index in [9.17, 15) is 14.3 Å². The van der Waals surface area contributed by atoms with Gasteiger partial charge in [-0.3, -0.25) is 9.00 Å². The number of aromatic amines is 1. The monoisotopic (exact) mass is 448 g/mol. The van der Waals surface area contributed by atoms with E-state index in [-0.39, 0.29) is 5.56 Å². The van der Waals surface area contributed by atoms with Crippen molar-refractivity contribution in [3.05, 3.63) is 47.0 Å². The molecule has 6 nitrogen and oxygen atoms in total. The van der Waals surface area contributed by atoms with Crippen molar-refractivity contribution in [3.8, 4) is 17.2 Å². The van der Waals surface area contributed by atoms with E-state index < -0.39 is 15.5 Å². The largest absolute Gasteiger partial charge is 0.371 e. The maximum absolute atomic E-state index is 13.2. The van der Waals surface area contributed by atoms with Crippen molar-refractivity contribution in [1.29, 1.82) is 5.26 Å². The molecule has 0 radical (unpaired) electrons. The van der Waals surface area contributed by atoms with Crippen molar-refractivity contribution < 1.29 is 4.21 Å². The van der Waals surface area contributed by atoms with Crippen LogP contribution in [0.1, 0.15) is 39.5 Å². The highest BCUT2D eigenvalue weighted by atomic mass is 32.2. The van der Waals surface area contributed by atoms with Crippen LogP contribution in [0, 0.1) is 16.7 Å². The summed E-state index contributed by atoms with van der Waals surface area (Å²) in [7, 11) is 0.271. The van der Waals surface area contributed by atoms with Crippen LogP contribution in [-0.4, -0.2) is 31.6 Å². The molecule has 1 aliphatic heterocycles. The number of H-pyrrole nitrogens is 1. The summed E-state index contributed by atoms with van der Waals surface area (Å²) in [6.45, 7) is 5.41. The lowest BCUT2D eigenvalue weighted by molar-refractivity contribution is 0.384. The highest BCUT2D eigenvalue weighted by Crippen LogP contribution is 2.54. The van der Waals surface area contributed by atoms with Crippen LogP contribution >= 0.6 is 0 Å². The van der Waals surface area contributed by atoms with Gasteiger partial charge in [0.15, 0.2) is 0 Å². The summed E-state index contributed by atoms with van der Waals surface area (Å²) in [6, 6.07) is 10.00. The molecular formula is C25H28N4O2S. The van der Waals surface area contributed by atoms with Crippen LogP contribution in [0.3, 0.4) is 0 Å². The summed E-state index contributed by atoms with van der Waals surface area (Å²) in [5.41, 5.74) is 4.04. The van der Waals surface area contributed by atoms with Gasteiger partial charge in [-0.15, -0.1) is 0 Å². The average molecular weight is 449 g/mol. The summed E-state index contributed by atoms with van der Waals surface area (Å²) in [5, 5.41) is 10.4. The fourth-order valence-corrected chi connectivity index (χ4v) is 5.93. The van der Waals surface area contributed by atoms with E-state index in [0.717, 1.165) is 35.3 Å². The predicted octanol–water partition coefficient (Wildman–Crippen LogP) is 4.32. The lowest BCUT2D eigenvalue weighted by Crippen LogP contribution is -2.34. The van der Waals surface area contributed by atoms with Crippen LogP contribution in [0.4, 0.5) is 5.69 Å². The zero-order chi connectivity index (χ0) is 22.7. The number of aromatic nitrogens is 2. The zero-order valence-corrected chi connectivity index (χ0v) is 19.6. The number of fused-ring (bicyclic) bond motifs is 1. The third-order valence-electron chi connectivity index (χ3n) is 7.22. The van der Waals surface area contributed by atoms with Gasteiger partial charge in [0.25, 0.3) is 5.56 Å². The number of hydrogen-bond donors (Lipinski definition) is 1. The smallest absolute Gasteiger partial charge is 0.274 e. The molecule has 7 heteroatoms. The van der Waals surface area contributed by atoms with Crippen molar-refractivity contribution in [3.63, 3.8) is 0 Å². The molecule has 166 valence electrons. The average Bonchev–Trinajstić information content (AvgIpc) is 3.36. The van der Waals surface area contributed by atoms with E-state index in [1.54, 1.807) is 31.7 Å².